The van der Waals surface area contributed by atoms with Crippen LogP contribution in [-0.2, 0) is 6.42 Å². The van der Waals surface area contributed by atoms with Gasteiger partial charge in [-0.05, 0) is 12.1 Å². The molecular formula is C13H16N4O3. The maximum Gasteiger partial charge on any atom is 0.269 e. The molecule has 0 unspecified atom stereocenters. The van der Waals surface area contributed by atoms with Crippen LogP contribution < -0.4 is 5.32 Å². The molecule has 0 aliphatic rings. The Balaban J connectivity index is 2.02. The minimum Gasteiger partial charge on any atom is -0.339 e. The first-order valence-electron chi connectivity index (χ1n) is 6.37. The molecular weight excluding hydrogens is 260 g/mol. The van der Waals surface area contributed by atoms with E-state index in [0.717, 1.165) is 6.54 Å². The van der Waals surface area contributed by atoms with E-state index in [1.807, 2.05) is 0 Å². The van der Waals surface area contributed by atoms with Crippen molar-refractivity contribution in [3.05, 3.63) is 40.3 Å². The normalized spacial score (nSPS) is 10.9. The number of non-ortho nitro benzene ring substituents is 1. The van der Waals surface area contributed by atoms with Gasteiger partial charge in [-0.1, -0.05) is 19.0 Å². The summed E-state index contributed by atoms with van der Waals surface area (Å²) in [5, 5.41) is 17.7. The number of aromatic nitrogens is 2. The molecule has 0 amide bonds. The van der Waals surface area contributed by atoms with Gasteiger partial charge in [0.05, 0.1) is 4.92 Å². The Labute approximate surface area is 116 Å². The predicted octanol–water partition coefficient (Wildman–Crippen LogP) is 2.19. The average molecular weight is 276 g/mol. The molecule has 1 N–H and O–H groups in total. The van der Waals surface area contributed by atoms with E-state index < -0.39 is 4.92 Å². The maximum atomic E-state index is 10.6. The number of nitrogens with zero attached hydrogens (tertiary/aromatic N) is 3. The number of nitro benzene ring substituents is 1. The monoisotopic (exact) mass is 276 g/mol. The summed E-state index contributed by atoms with van der Waals surface area (Å²) < 4.78 is 5.14. The van der Waals surface area contributed by atoms with Crippen LogP contribution in [0, 0.1) is 10.1 Å². The van der Waals surface area contributed by atoms with Crippen molar-refractivity contribution >= 4 is 5.69 Å². The van der Waals surface area contributed by atoms with Gasteiger partial charge in [0.15, 0.2) is 0 Å². The zero-order valence-electron chi connectivity index (χ0n) is 11.4. The molecule has 0 aliphatic heterocycles. The van der Waals surface area contributed by atoms with Gasteiger partial charge in [-0.15, -0.1) is 0 Å². The Morgan fingerprint density at radius 3 is 2.65 bits per heavy atom. The van der Waals surface area contributed by atoms with Crippen molar-refractivity contribution < 1.29 is 9.45 Å². The summed E-state index contributed by atoms with van der Waals surface area (Å²) in [4.78, 5) is 14.4. The number of hydrogen-bond donors (Lipinski definition) is 1. The second-order valence-corrected chi connectivity index (χ2v) is 4.67. The Morgan fingerprint density at radius 2 is 2.05 bits per heavy atom. The summed E-state index contributed by atoms with van der Waals surface area (Å²) in [6.07, 6.45) is 0.651. The van der Waals surface area contributed by atoms with Gasteiger partial charge >= 0.3 is 0 Å². The van der Waals surface area contributed by atoms with Crippen LogP contribution in [0.5, 0.6) is 0 Å². The van der Waals surface area contributed by atoms with Crippen molar-refractivity contribution in [2.45, 2.75) is 26.3 Å². The van der Waals surface area contributed by atoms with Crippen molar-refractivity contribution in [2.75, 3.05) is 6.54 Å². The topological polar surface area (TPSA) is 94.1 Å². The summed E-state index contributed by atoms with van der Waals surface area (Å²) in [6.45, 7) is 4.89. The van der Waals surface area contributed by atoms with E-state index >= 15 is 0 Å². The smallest absolute Gasteiger partial charge is 0.269 e. The van der Waals surface area contributed by atoms with Gasteiger partial charge in [-0.3, -0.25) is 10.1 Å². The van der Waals surface area contributed by atoms with E-state index in [1.54, 1.807) is 12.1 Å². The van der Waals surface area contributed by atoms with Gasteiger partial charge in [0.1, 0.15) is 0 Å². The summed E-state index contributed by atoms with van der Waals surface area (Å²) >= 11 is 0. The molecule has 0 saturated carbocycles. The second-order valence-electron chi connectivity index (χ2n) is 4.67. The molecule has 0 spiro atoms. The van der Waals surface area contributed by atoms with E-state index in [-0.39, 0.29) is 5.69 Å². The van der Waals surface area contributed by atoms with Crippen LogP contribution in [0.15, 0.2) is 28.8 Å². The van der Waals surface area contributed by atoms with Crippen molar-refractivity contribution in [2.24, 2.45) is 0 Å². The van der Waals surface area contributed by atoms with Crippen LogP contribution in [0.4, 0.5) is 5.69 Å². The lowest BCUT2D eigenvalue weighted by atomic mass is 10.2. The molecule has 7 heteroatoms. The standard InChI is InChI=1S/C13H16N4O3/c1-9(2)14-8-7-12-15-13(16-20-12)10-3-5-11(6-4-10)17(18)19/h3-6,9,14H,7-8H2,1-2H3. The zero-order chi connectivity index (χ0) is 14.5. The molecule has 0 saturated heterocycles. The molecule has 106 valence electrons. The van der Waals surface area contributed by atoms with Gasteiger partial charge in [-0.2, -0.15) is 4.98 Å². The summed E-state index contributed by atoms with van der Waals surface area (Å²) in [5.41, 5.74) is 0.737. The zero-order valence-corrected chi connectivity index (χ0v) is 11.4. The fraction of sp³-hybridized carbons (Fsp3) is 0.385. The van der Waals surface area contributed by atoms with Crippen LogP contribution >= 0.6 is 0 Å². The molecule has 0 bridgehead atoms. The SMILES string of the molecule is CC(C)NCCc1nc(-c2ccc([N+](=O)[O-])cc2)no1. The lowest BCUT2D eigenvalue weighted by molar-refractivity contribution is -0.384. The molecule has 0 aliphatic carbocycles. The van der Waals surface area contributed by atoms with Crippen LogP contribution in [-0.4, -0.2) is 27.7 Å². The first kappa shape index (κ1) is 14.1. The third kappa shape index (κ3) is 3.61. The molecule has 20 heavy (non-hydrogen) atoms. The summed E-state index contributed by atoms with van der Waals surface area (Å²) in [6, 6.07) is 6.47. The number of rotatable bonds is 6. The highest BCUT2D eigenvalue weighted by Gasteiger charge is 2.10. The van der Waals surface area contributed by atoms with E-state index in [2.05, 4.69) is 29.3 Å². The van der Waals surface area contributed by atoms with Gasteiger partial charge in [0.2, 0.25) is 11.7 Å². The first-order chi connectivity index (χ1) is 9.56. The molecule has 0 atom stereocenters. The molecule has 0 fully saturated rings. The Hall–Kier alpha value is -2.28. The van der Waals surface area contributed by atoms with Crippen molar-refractivity contribution in [3.63, 3.8) is 0 Å². The highest BCUT2D eigenvalue weighted by Crippen LogP contribution is 2.19. The fourth-order valence-corrected chi connectivity index (χ4v) is 1.67. The first-order valence-corrected chi connectivity index (χ1v) is 6.37. The van der Waals surface area contributed by atoms with E-state index in [9.17, 15) is 10.1 Å². The highest BCUT2D eigenvalue weighted by molar-refractivity contribution is 5.56. The summed E-state index contributed by atoms with van der Waals surface area (Å²) in [5.74, 6) is 0.992. The minimum atomic E-state index is -0.441. The third-order valence-electron chi connectivity index (χ3n) is 2.70. The van der Waals surface area contributed by atoms with Gasteiger partial charge < -0.3 is 9.84 Å². The van der Waals surface area contributed by atoms with Crippen LogP contribution in [0.25, 0.3) is 11.4 Å². The van der Waals surface area contributed by atoms with E-state index in [4.69, 9.17) is 4.52 Å². The Kier molecular flexibility index (Phi) is 4.41. The lowest BCUT2D eigenvalue weighted by Crippen LogP contribution is -2.25. The van der Waals surface area contributed by atoms with E-state index in [0.29, 0.717) is 29.7 Å². The molecule has 7 nitrogen and oxygen atoms in total. The molecule has 0 radical (unpaired) electrons. The van der Waals surface area contributed by atoms with Gasteiger partial charge in [-0.25, -0.2) is 0 Å². The van der Waals surface area contributed by atoms with Crippen molar-refractivity contribution in [1.82, 2.24) is 15.5 Å². The van der Waals surface area contributed by atoms with Crippen LogP contribution in [0.2, 0.25) is 0 Å². The Bertz CT molecular complexity index is 578. The maximum absolute atomic E-state index is 10.6. The Morgan fingerprint density at radius 1 is 1.35 bits per heavy atom. The molecule has 2 aromatic rings. The molecule has 1 aromatic heterocycles. The average Bonchev–Trinajstić information content (AvgIpc) is 2.87. The van der Waals surface area contributed by atoms with Crippen LogP contribution in [0.3, 0.4) is 0 Å². The minimum absolute atomic E-state index is 0.0404. The lowest BCUT2D eigenvalue weighted by Gasteiger charge is -2.04. The summed E-state index contributed by atoms with van der Waals surface area (Å²) in [7, 11) is 0. The number of benzene rings is 1. The molecule has 1 heterocycles. The third-order valence-corrected chi connectivity index (χ3v) is 2.70. The second kappa shape index (κ2) is 6.25. The van der Waals surface area contributed by atoms with E-state index in [1.165, 1.54) is 12.1 Å². The molecule has 1 aromatic carbocycles. The largest absolute Gasteiger partial charge is 0.339 e. The molecule has 2 rings (SSSR count). The van der Waals surface area contributed by atoms with Crippen molar-refractivity contribution in [3.8, 4) is 11.4 Å². The number of nitro groups is 1. The highest BCUT2D eigenvalue weighted by atomic mass is 16.6. The number of hydrogen-bond acceptors (Lipinski definition) is 6. The number of nitrogens with one attached hydrogen (secondary N) is 1. The fourth-order valence-electron chi connectivity index (χ4n) is 1.67. The quantitative estimate of drug-likeness (QED) is 0.642. The van der Waals surface area contributed by atoms with Gasteiger partial charge in [0, 0.05) is 36.7 Å². The van der Waals surface area contributed by atoms with Crippen LogP contribution in [0.1, 0.15) is 19.7 Å². The predicted molar refractivity (Wildman–Crippen MR) is 73.2 cm³/mol. The van der Waals surface area contributed by atoms with Crippen molar-refractivity contribution in [1.29, 1.82) is 0 Å². The van der Waals surface area contributed by atoms with Gasteiger partial charge in [0.25, 0.3) is 5.69 Å².